The van der Waals surface area contributed by atoms with E-state index < -0.39 is 0 Å². The molecule has 0 radical (unpaired) electrons. The number of halogens is 3. The highest BCUT2D eigenvalue weighted by molar-refractivity contribution is 9.10. The van der Waals surface area contributed by atoms with E-state index in [2.05, 4.69) is 20.8 Å². The van der Waals surface area contributed by atoms with Crippen LogP contribution in [0.2, 0.25) is 0 Å². The van der Waals surface area contributed by atoms with Crippen molar-refractivity contribution in [3.8, 4) is 0 Å². The van der Waals surface area contributed by atoms with Gasteiger partial charge in [0.2, 0.25) is 0 Å². The molecule has 1 atom stereocenters. The standard InChI is InChI=1S/C19H21BrFNO.ClH/c20-17-7-3-15(4-8-17)19(16-5-9-18(21)10-6-16)23-14-13-22-11-1-2-12-22;/h3-10,19H,1-2,11-14H2;1H. The quantitative estimate of drug-likeness (QED) is 0.643. The van der Waals surface area contributed by atoms with Crippen molar-refractivity contribution in [2.75, 3.05) is 26.2 Å². The van der Waals surface area contributed by atoms with Gasteiger partial charge in [-0.3, -0.25) is 0 Å². The largest absolute Gasteiger partial charge is 0.367 e. The topological polar surface area (TPSA) is 12.5 Å². The highest BCUT2D eigenvalue weighted by Gasteiger charge is 2.17. The number of likely N-dealkylation sites (tertiary alicyclic amines) is 1. The molecule has 0 spiro atoms. The van der Waals surface area contributed by atoms with Crippen LogP contribution in [0.4, 0.5) is 4.39 Å². The van der Waals surface area contributed by atoms with Gasteiger partial charge >= 0.3 is 0 Å². The van der Waals surface area contributed by atoms with Crippen molar-refractivity contribution in [2.45, 2.75) is 18.9 Å². The fraction of sp³-hybridized carbons (Fsp3) is 0.368. The summed E-state index contributed by atoms with van der Waals surface area (Å²) in [6.07, 6.45) is 2.41. The molecule has 24 heavy (non-hydrogen) atoms. The zero-order chi connectivity index (χ0) is 16.1. The van der Waals surface area contributed by atoms with E-state index in [1.807, 2.05) is 24.3 Å². The summed E-state index contributed by atoms with van der Waals surface area (Å²) in [6.45, 7) is 3.97. The number of rotatable bonds is 6. The summed E-state index contributed by atoms with van der Waals surface area (Å²) in [6, 6.07) is 14.7. The third-order valence-electron chi connectivity index (χ3n) is 4.24. The smallest absolute Gasteiger partial charge is 0.123 e. The van der Waals surface area contributed by atoms with Gasteiger partial charge in [-0.25, -0.2) is 4.39 Å². The lowest BCUT2D eigenvalue weighted by atomic mass is 10.0. The van der Waals surface area contributed by atoms with Crippen molar-refractivity contribution < 1.29 is 9.13 Å². The molecular weight excluding hydrogens is 393 g/mol. The second-order valence-corrected chi connectivity index (χ2v) is 6.82. The molecule has 0 amide bonds. The molecule has 2 aromatic rings. The summed E-state index contributed by atoms with van der Waals surface area (Å²) in [4.78, 5) is 2.43. The Labute approximate surface area is 157 Å². The van der Waals surface area contributed by atoms with Gasteiger partial charge in [-0.1, -0.05) is 40.2 Å². The average Bonchev–Trinajstić information content (AvgIpc) is 3.07. The van der Waals surface area contributed by atoms with Crippen LogP contribution >= 0.6 is 28.3 Å². The molecule has 1 unspecified atom stereocenters. The van der Waals surface area contributed by atoms with E-state index in [0.717, 1.165) is 22.1 Å². The molecule has 3 rings (SSSR count). The predicted octanol–water partition coefficient (Wildman–Crippen LogP) is 5.21. The first kappa shape index (κ1) is 19.4. The summed E-state index contributed by atoms with van der Waals surface area (Å²) >= 11 is 3.46. The number of benzene rings is 2. The van der Waals surface area contributed by atoms with Crippen molar-refractivity contribution in [2.24, 2.45) is 0 Å². The minimum Gasteiger partial charge on any atom is -0.367 e. The van der Waals surface area contributed by atoms with Gasteiger partial charge in [-0.05, 0) is 61.3 Å². The normalized spacial score (nSPS) is 15.9. The van der Waals surface area contributed by atoms with E-state index in [9.17, 15) is 4.39 Å². The first-order chi connectivity index (χ1) is 11.2. The third-order valence-corrected chi connectivity index (χ3v) is 4.76. The van der Waals surface area contributed by atoms with E-state index in [1.54, 1.807) is 12.1 Å². The van der Waals surface area contributed by atoms with Gasteiger partial charge in [0.05, 0.1) is 6.61 Å². The van der Waals surface area contributed by atoms with Crippen LogP contribution in [0.1, 0.15) is 30.1 Å². The van der Waals surface area contributed by atoms with Gasteiger partial charge in [-0.15, -0.1) is 12.4 Å². The van der Waals surface area contributed by atoms with Crippen molar-refractivity contribution in [3.05, 3.63) is 69.9 Å². The predicted molar refractivity (Wildman–Crippen MR) is 101 cm³/mol. The Morgan fingerprint density at radius 2 is 1.50 bits per heavy atom. The molecule has 1 aliphatic heterocycles. The van der Waals surface area contributed by atoms with Crippen molar-refractivity contribution in [1.82, 2.24) is 4.90 Å². The maximum absolute atomic E-state index is 13.2. The second kappa shape index (κ2) is 9.52. The zero-order valence-corrected chi connectivity index (χ0v) is 15.9. The van der Waals surface area contributed by atoms with Crippen LogP contribution in [0.15, 0.2) is 53.0 Å². The average molecular weight is 415 g/mol. The SMILES string of the molecule is Cl.Fc1ccc(C(OCCN2CCCC2)c2ccc(Br)cc2)cc1. The van der Waals surface area contributed by atoms with Gasteiger partial charge < -0.3 is 9.64 Å². The number of hydrogen-bond acceptors (Lipinski definition) is 2. The van der Waals surface area contributed by atoms with Crippen LogP contribution < -0.4 is 0 Å². The molecule has 0 bridgehead atoms. The molecule has 2 nitrogen and oxygen atoms in total. The van der Waals surface area contributed by atoms with E-state index in [0.29, 0.717) is 6.61 Å². The minimum atomic E-state index is -0.222. The molecule has 2 aromatic carbocycles. The Morgan fingerprint density at radius 3 is 2.08 bits per heavy atom. The monoisotopic (exact) mass is 413 g/mol. The van der Waals surface area contributed by atoms with E-state index in [1.165, 1.54) is 38.1 Å². The van der Waals surface area contributed by atoms with Crippen molar-refractivity contribution in [3.63, 3.8) is 0 Å². The van der Waals surface area contributed by atoms with Crippen molar-refractivity contribution in [1.29, 1.82) is 0 Å². The molecule has 0 aromatic heterocycles. The van der Waals surface area contributed by atoms with Gasteiger partial charge in [0.25, 0.3) is 0 Å². The highest BCUT2D eigenvalue weighted by atomic mass is 79.9. The molecule has 5 heteroatoms. The van der Waals surface area contributed by atoms with Crippen LogP contribution in [0, 0.1) is 5.82 Å². The lowest BCUT2D eigenvalue weighted by Gasteiger charge is -2.21. The first-order valence-electron chi connectivity index (χ1n) is 8.07. The van der Waals surface area contributed by atoms with Crippen LogP contribution in [-0.2, 0) is 4.74 Å². The third kappa shape index (κ3) is 5.28. The van der Waals surface area contributed by atoms with Crippen LogP contribution in [-0.4, -0.2) is 31.1 Å². The maximum Gasteiger partial charge on any atom is 0.123 e. The maximum atomic E-state index is 13.2. The Morgan fingerprint density at radius 1 is 0.958 bits per heavy atom. The summed E-state index contributed by atoms with van der Waals surface area (Å²) in [5.41, 5.74) is 2.07. The Kier molecular flexibility index (Phi) is 7.69. The van der Waals surface area contributed by atoms with Crippen LogP contribution in [0.25, 0.3) is 0 Å². The molecular formula is C19H22BrClFNO. The second-order valence-electron chi connectivity index (χ2n) is 5.90. The molecule has 1 heterocycles. The summed E-state index contributed by atoms with van der Waals surface area (Å²) in [5.74, 6) is -0.222. The summed E-state index contributed by atoms with van der Waals surface area (Å²) < 4.78 is 20.4. The Bertz CT molecular complexity index is 569. The molecule has 0 aliphatic carbocycles. The fourth-order valence-electron chi connectivity index (χ4n) is 2.97. The van der Waals surface area contributed by atoms with Gasteiger partial charge in [-0.2, -0.15) is 0 Å². The molecule has 1 aliphatic rings. The lowest BCUT2D eigenvalue weighted by Crippen LogP contribution is -2.25. The molecule has 0 saturated carbocycles. The lowest BCUT2D eigenvalue weighted by molar-refractivity contribution is 0.0644. The molecule has 0 N–H and O–H groups in total. The number of hydrogen-bond donors (Lipinski definition) is 0. The molecule has 130 valence electrons. The fourth-order valence-corrected chi connectivity index (χ4v) is 3.23. The van der Waals surface area contributed by atoms with Crippen molar-refractivity contribution >= 4 is 28.3 Å². The minimum absolute atomic E-state index is 0. The Hall–Kier alpha value is -0.940. The zero-order valence-electron chi connectivity index (χ0n) is 13.5. The van der Waals surface area contributed by atoms with Gasteiger partial charge in [0.15, 0.2) is 0 Å². The summed E-state index contributed by atoms with van der Waals surface area (Å²) in [7, 11) is 0. The van der Waals surface area contributed by atoms with E-state index in [-0.39, 0.29) is 24.3 Å². The Balaban J connectivity index is 0.00000208. The van der Waals surface area contributed by atoms with E-state index >= 15 is 0 Å². The van der Waals surface area contributed by atoms with Gasteiger partial charge in [0.1, 0.15) is 11.9 Å². The molecule has 1 fully saturated rings. The highest BCUT2D eigenvalue weighted by Crippen LogP contribution is 2.27. The number of ether oxygens (including phenoxy) is 1. The van der Waals surface area contributed by atoms with Crippen LogP contribution in [0.3, 0.4) is 0 Å². The number of nitrogens with zero attached hydrogens (tertiary/aromatic N) is 1. The van der Waals surface area contributed by atoms with E-state index in [4.69, 9.17) is 4.74 Å². The van der Waals surface area contributed by atoms with Crippen LogP contribution in [0.5, 0.6) is 0 Å². The summed E-state index contributed by atoms with van der Waals surface area (Å²) in [5, 5.41) is 0. The first-order valence-corrected chi connectivity index (χ1v) is 8.86. The van der Waals surface area contributed by atoms with Gasteiger partial charge in [0, 0.05) is 11.0 Å². The molecule has 1 saturated heterocycles.